The van der Waals surface area contributed by atoms with Crippen LogP contribution >= 0.6 is 0 Å². The van der Waals surface area contributed by atoms with Gasteiger partial charge in [0.15, 0.2) is 0 Å². The Labute approximate surface area is 149 Å². The van der Waals surface area contributed by atoms with Gasteiger partial charge in [-0.15, -0.1) is 0 Å². The maximum atomic E-state index is 12.6. The fourth-order valence-electron chi connectivity index (χ4n) is 3.24. The number of nitrogens with two attached hydrogens (primary N) is 1. The van der Waals surface area contributed by atoms with E-state index in [2.05, 4.69) is 24.3 Å². The number of ether oxygens (including phenoxy) is 1. The van der Waals surface area contributed by atoms with Crippen LogP contribution in [0, 0.1) is 0 Å². The van der Waals surface area contributed by atoms with E-state index < -0.39 is 6.04 Å². The fraction of sp³-hybridized carbons (Fsp3) is 0.381. The van der Waals surface area contributed by atoms with Gasteiger partial charge in [-0.1, -0.05) is 60.7 Å². The number of rotatable bonds is 7. The Morgan fingerprint density at radius 1 is 1.12 bits per heavy atom. The van der Waals surface area contributed by atoms with Crippen LogP contribution < -0.4 is 5.73 Å². The number of aryl methyl sites for hydroxylation is 1. The molecule has 0 radical (unpaired) electrons. The average Bonchev–Trinajstić information content (AvgIpc) is 3.14. The molecule has 1 heterocycles. The van der Waals surface area contributed by atoms with Gasteiger partial charge in [-0.25, -0.2) is 0 Å². The Hall–Kier alpha value is -2.17. The van der Waals surface area contributed by atoms with E-state index >= 15 is 0 Å². The van der Waals surface area contributed by atoms with E-state index in [1.165, 1.54) is 5.56 Å². The SMILES string of the molecule is NC(C(=O)N1CCC(OCCCc2ccccc2)C1)c1ccccc1. The number of benzene rings is 2. The second kappa shape index (κ2) is 8.79. The second-order valence-corrected chi connectivity index (χ2v) is 6.54. The number of nitrogens with zero attached hydrogens (tertiary/aromatic N) is 1. The minimum absolute atomic E-state index is 0.0124. The van der Waals surface area contributed by atoms with Gasteiger partial charge in [-0.05, 0) is 30.4 Å². The van der Waals surface area contributed by atoms with Gasteiger partial charge >= 0.3 is 0 Å². The van der Waals surface area contributed by atoms with Crippen LogP contribution in [0.25, 0.3) is 0 Å². The quantitative estimate of drug-likeness (QED) is 0.790. The summed E-state index contributed by atoms with van der Waals surface area (Å²) in [5, 5.41) is 0. The van der Waals surface area contributed by atoms with Crippen molar-refractivity contribution in [2.24, 2.45) is 5.73 Å². The highest BCUT2D eigenvalue weighted by Crippen LogP contribution is 2.19. The summed E-state index contributed by atoms with van der Waals surface area (Å²) in [5.74, 6) is -0.0124. The Morgan fingerprint density at radius 2 is 1.80 bits per heavy atom. The van der Waals surface area contributed by atoms with E-state index in [0.29, 0.717) is 6.54 Å². The monoisotopic (exact) mass is 338 g/mol. The molecule has 2 atom stereocenters. The topological polar surface area (TPSA) is 55.6 Å². The molecule has 2 aromatic rings. The lowest BCUT2D eigenvalue weighted by molar-refractivity contribution is -0.132. The zero-order valence-corrected chi connectivity index (χ0v) is 14.5. The van der Waals surface area contributed by atoms with Crippen molar-refractivity contribution in [2.75, 3.05) is 19.7 Å². The molecule has 4 nitrogen and oxygen atoms in total. The van der Waals surface area contributed by atoms with Gasteiger partial charge in [0.1, 0.15) is 6.04 Å². The van der Waals surface area contributed by atoms with Gasteiger partial charge in [0.2, 0.25) is 5.91 Å². The van der Waals surface area contributed by atoms with Crippen LogP contribution in [0.4, 0.5) is 0 Å². The lowest BCUT2D eigenvalue weighted by Gasteiger charge is -2.21. The summed E-state index contributed by atoms with van der Waals surface area (Å²) in [7, 11) is 0. The molecule has 2 aromatic carbocycles. The van der Waals surface area contributed by atoms with Crippen molar-refractivity contribution in [1.29, 1.82) is 0 Å². The predicted molar refractivity (Wildman–Crippen MR) is 99.1 cm³/mol. The van der Waals surface area contributed by atoms with Crippen LogP contribution in [0.5, 0.6) is 0 Å². The predicted octanol–water partition coefficient (Wildman–Crippen LogP) is 2.94. The third kappa shape index (κ3) is 4.91. The third-order valence-electron chi connectivity index (χ3n) is 4.69. The summed E-state index contributed by atoms with van der Waals surface area (Å²) in [4.78, 5) is 14.4. The summed E-state index contributed by atoms with van der Waals surface area (Å²) in [6, 6.07) is 19.4. The molecule has 1 fully saturated rings. The van der Waals surface area contributed by atoms with Crippen molar-refractivity contribution in [3.63, 3.8) is 0 Å². The Kier molecular flexibility index (Phi) is 6.20. The van der Waals surface area contributed by atoms with E-state index in [0.717, 1.165) is 38.0 Å². The molecule has 0 spiro atoms. The lowest BCUT2D eigenvalue weighted by atomic mass is 10.1. The molecule has 1 aliphatic heterocycles. The second-order valence-electron chi connectivity index (χ2n) is 6.54. The first-order valence-corrected chi connectivity index (χ1v) is 8.99. The van der Waals surface area contributed by atoms with Crippen molar-refractivity contribution < 1.29 is 9.53 Å². The smallest absolute Gasteiger partial charge is 0.244 e. The Morgan fingerprint density at radius 3 is 2.52 bits per heavy atom. The molecular formula is C21H26N2O2. The van der Waals surface area contributed by atoms with Crippen LogP contribution in [0.1, 0.15) is 30.0 Å². The van der Waals surface area contributed by atoms with Crippen LogP contribution in [0.3, 0.4) is 0 Å². The van der Waals surface area contributed by atoms with Crippen molar-refractivity contribution in [3.05, 3.63) is 71.8 Å². The molecule has 2 N–H and O–H groups in total. The maximum Gasteiger partial charge on any atom is 0.244 e. The molecule has 4 heteroatoms. The highest BCUT2D eigenvalue weighted by Gasteiger charge is 2.30. The zero-order valence-electron chi connectivity index (χ0n) is 14.5. The Bertz CT molecular complexity index is 660. The van der Waals surface area contributed by atoms with Gasteiger partial charge < -0.3 is 15.4 Å². The van der Waals surface area contributed by atoms with E-state index in [9.17, 15) is 4.79 Å². The number of amides is 1. The molecule has 0 aromatic heterocycles. The van der Waals surface area contributed by atoms with Crippen molar-refractivity contribution in [1.82, 2.24) is 4.90 Å². The summed E-state index contributed by atoms with van der Waals surface area (Å²) < 4.78 is 5.96. The van der Waals surface area contributed by atoms with Gasteiger partial charge in [0, 0.05) is 19.7 Å². The first kappa shape index (κ1) is 17.6. The zero-order chi connectivity index (χ0) is 17.5. The number of carbonyl (C=O) groups excluding carboxylic acids is 1. The number of hydrogen-bond acceptors (Lipinski definition) is 3. The molecule has 1 amide bonds. The van der Waals surface area contributed by atoms with Gasteiger partial charge in [-0.3, -0.25) is 4.79 Å². The number of likely N-dealkylation sites (tertiary alicyclic amines) is 1. The van der Waals surface area contributed by atoms with Crippen LogP contribution in [0.2, 0.25) is 0 Å². The third-order valence-corrected chi connectivity index (χ3v) is 4.69. The molecular weight excluding hydrogens is 312 g/mol. The van der Waals surface area contributed by atoms with E-state index in [1.54, 1.807) is 0 Å². The molecule has 1 aliphatic rings. The number of hydrogen-bond donors (Lipinski definition) is 1. The van der Waals surface area contributed by atoms with Crippen LogP contribution in [0.15, 0.2) is 60.7 Å². The molecule has 25 heavy (non-hydrogen) atoms. The largest absolute Gasteiger partial charge is 0.376 e. The van der Waals surface area contributed by atoms with Crippen molar-refractivity contribution in [2.45, 2.75) is 31.4 Å². The first-order chi connectivity index (χ1) is 12.2. The molecule has 132 valence electrons. The number of carbonyl (C=O) groups is 1. The average molecular weight is 338 g/mol. The molecule has 2 unspecified atom stereocenters. The lowest BCUT2D eigenvalue weighted by Crippen LogP contribution is -2.37. The normalized spacial score (nSPS) is 18.3. The van der Waals surface area contributed by atoms with Gasteiger partial charge in [0.25, 0.3) is 0 Å². The standard InChI is InChI=1S/C21H26N2O2/c22-20(18-11-5-2-6-12-18)21(24)23-14-13-19(16-23)25-15-7-10-17-8-3-1-4-9-17/h1-6,8-9,11-12,19-20H,7,10,13-16,22H2. The van der Waals surface area contributed by atoms with E-state index in [-0.39, 0.29) is 12.0 Å². The van der Waals surface area contributed by atoms with E-state index in [1.807, 2.05) is 41.3 Å². The summed E-state index contributed by atoms with van der Waals surface area (Å²) in [6.07, 6.45) is 3.04. The summed E-state index contributed by atoms with van der Waals surface area (Å²) >= 11 is 0. The van der Waals surface area contributed by atoms with Crippen LogP contribution in [-0.4, -0.2) is 36.6 Å². The minimum Gasteiger partial charge on any atom is -0.376 e. The Balaban J connectivity index is 1.40. The van der Waals surface area contributed by atoms with Gasteiger partial charge in [-0.2, -0.15) is 0 Å². The van der Waals surface area contributed by atoms with Gasteiger partial charge in [0.05, 0.1) is 6.10 Å². The maximum absolute atomic E-state index is 12.6. The van der Waals surface area contributed by atoms with Crippen molar-refractivity contribution >= 4 is 5.91 Å². The molecule has 1 saturated heterocycles. The highest BCUT2D eigenvalue weighted by atomic mass is 16.5. The summed E-state index contributed by atoms with van der Waals surface area (Å²) in [6.45, 7) is 2.10. The molecule has 3 rings (SSSR count). The van der Waals surface area contributed by atoms with Crippen LogP contribution in [-0.2, 0) is 16.0 Å². The van der Waals surface area contributed by atoms with Crippen molar-refractivity contribution in [3.8, 4) is 0 Å². The first-order valence-electron chi connectivity index (χ1n) is 8.99. The van der Waals surface area contributed by atoms with E-state index in [4.69, 9.17) is 10.5 Å². The summed E-state index contributed by atoms with van der Waals surface area (Å²) in [5.41, 5.74) is 8.31. The fourth-order valence-corrected chi connectivity index (χ4v) is 3.24. The highest BCUT2D eigenvalue weighted by molar-refractivity contribution is 5.83. The molecule has 0 saturated carbocycles. The molecule has 0 aliphatic carbocycles. The molecule has 0 bridgehead atoms. The minimum atomic E-state index is -0.585.